The molecule has 0 aromatic heterocycles. The van der Waals surface area contributed by atoms with Gasteiger partial charge in [-0.3, -0.25) is 4.99 Å². The van der Waals surface area contributed by atoms with E-state index in [0.717, 1.165) is 6.20 Å². The molecule has 11 heavy (non-hydrogen) atoms. The standard InChI is InChI=1S/C7H12N2O2/c1-3-9-6(5-8)7(10)11-4-2/h3,5H,4,8H2,1-2H3/b6-5-,9-3-. The van der Waals surface area contributed by atoms with Crippen molar-refractivity contribution in [3.05, 3.63) is 11.9 Å². The van der Waals surface area contributed by atoms with Crippen molar-refractivity contribution in [2.45, 2.75) is 13.8 Å². The summed E-state index contributed by atoms with van der Waals surface area (Å²) in [6.07, 6.45) is 2.60. The third kappa shape index (κ3) is 3.40. The van der Waals surface area contributed by atoms with E-state index in [1.54, 1.807) is 13.8 Å². The maximum Gasteiger partial charge on any atom is 0.358 e. The summed E-state index contributed by atoms with van der Waals surface area (Å²) in [5, 5.41) is 0. The average molecular weight is 156 g/mol. The molecule has 0 saturated carbocycles. The van der Waals surface area contributed by atoms with E-state index in [0.29, 0.717) is 6.61 Å². The van der Waals surface area contributed by atoms with Gasteiger partial charge in [0.25, 0.3) is 0 Å². The van der Waals surface area contributed by atoms with Gasteiger partial charge in [0.15, 0.2) is 5.70 Å². The van der Waals surface area contributed by atoms with Gasteiger partial charge in [0.1, 0.15) is 0 Å². The zero-order valence-corrected chi connectivity index (χ0v) is 6.70. The highest BCUT2D eigenvalue weighted by Gasteiger charge is 2.06. The van der Waals surface area contributed by atoms with Gasteiger partial charge in [0.2, 0.25) is 0 Å². The Morgan fingerprint density at radius 3 is 2.73 bits per heavy atom. The molecule has 62 valence electrons. The molecule has 0 aliphatic carbocycles. The quantitative estimate of drug-likeness (QED) is 0.366. The summed E-state index contributed by atoms with van der Waals surface area (Å²) in [4.78, 5) is 14.6. The molecule has 0 aromatic carbocycles. The summed E-state index contributed by atoms with van der Waals surface area (Å²) >= 11 is 0. The first-order chi connectivity index (χ1) is 5.26. The molecule has 0 bridgehead atoms. The maximum absolute atomic E-state index is 10.9. The van der Waals surface area contributed by atoms with Crippen LogP contribution < -0.4 is 5.73 Å². The topological polar surface area (TPSA) is 64.7 Å². The molecule has 0 saturated heterocycles. The number of hydrogen-bond acceptors (Lipinski definition) is 4. The Balaban J connectivity index is 4.16. The van der Waals surface area contributed by atoms with Gasteiger partial charge in [0, 0.05) is 12.4 Å². The molecule has 0 radical (unpaired) electrons. The van der Waals surface area contributed by atoms with Gasteiger partial charge in [-0.05, 0) is 13.8 Å². The number of nitrogens with zero attached hydrogens (tertiary/aromatic N) is 1. The van der Waals surface area contributed by atoms with Crippen molar-refractivity contribution < 1.29 is 9.53 Å². The molecule has 4 nitrogen and oxygen atoms in total. The lowest BCUT2D eigenvalue weighted by Gasteiger charge is -1.99. The normalized spacial score (nSPS) is 12.0. The summed E-state index contributed by atoms with van der Waals surface area (Å²) in [5.41, 5.74) is 5.25. The van der Waals surface area contributed by atoms with Gasteiger partial charge in [-0.15, -0.1) is 0 Å². The number of aliphatic imine (C=N–C) groups is 1. The van der Waals surface area contributed by atoms with Crippen molar-refractivity contribution in [1.29, 1.82) is 0 Å². The fraction of sp³-hybridized carbons (Fsp3) is 0.429. The highest BCUT2D eigenvalue weighted by molar-refractivity contribution is 5.89. The second-order valence-electron chi connectivity index (χ2n) is 1.66. The number of nitrogens with two attached hydrogens (primary N) is 1. The second-order valence-corrected chi connectivity index (χ2v) is 1.66. The molecular weight excluding hydrogens is 144 g/mol. The lowest BCUT2D eigenvalue weighted by atomic mass is 10.5. The second kappa shape index (κ2) is 5.46. The van der Waals surface area contributed by atoms with Gasteiger partial charge in [-0.2, -0.15) is 0 Å². The fourth-order valence-corrected chi connectivity index (χ4v) is 0.508. The minimum Gasteiger partial charge on any atom is -0.461 e. The molecular formula is C7H12N2O2. The van der Waals surface area contributed by atoms with Crippen LogP contribution in [-0.4, -0.2) is 18.8 Å². The molecule has 0 rings (SSSR count). The van der Waals surface area contributed by atoms with E-state index in [9.17, 15) is 4.79 Å². The Kier molecular flexibility index (Phi) is 4.81. The van der Waals surface area contributed by atoms with Crippen LogP contribution in [0.1, 0.15) is 13.8 Å². The van der Waals surface area contributed by atoms with Crippen molar-refractivity contribution in [1.82, 2.24) is 0 Å². The number of ether oxygens (including phenoxy) is 1. The molecule has 0 aromatic rings. The van der Waals surface area contributed by atoms with Crippen LogP contribution in [0.25, 0.3) is 0 Å². The Labute approximate surface area is 65.7 Å². The van der Waals surface area contributed by atoms with Crippen LogP contribution in [0.4, 0.5) is 0 Å². The molecule has 2 N–H and O–H groups in total. The molecule has 0 aliphatic heterocycles. The first-order valence-corrected chi connectivity index (χ1v) is 3.34. The van der Waals surface area contributed by atoms with Gasteiger partial charge in [-0.25, -0.2) is 4.79 Å². The first kappa shape index (κ1) is 9.68. The fourth-order valence-electron chi connectivity index (χ4n) is 0.508. The molecule has 0 fully saturated rings. The van der Waals surface area contributed by atoms with Crippen molar-refractivity contribution in [2.24, 2.45) is 10.7 Å². The van der Waals surface area contributed by atoms with Crippen LogP contribution >= 0.6 is 0 Å². The molecule has 0 heterocycles. The number of rotatable bonds is 3. The molecule has 0 amide bonds. The Hall–Kier alpha value is -1.32. The average Bonchev–Trinajstić information content (AvgIpc) is 2.00. The summed E-state index contributed by atoms with van der Waals surface area (Å²) in [7, 11) is 0. The molecule has 0 atom stereocenters. The van der Waals surface area contributed by atoms with Crippen molar-refractivity contribution in [3.8, 4) is 0 Å². The zero-order chi connectivity index (χ0) is 8.69. The lowest BCUT2D eigenvalue weighted by molar-refractivity contribution is -0.138. The van der Waals surface area contributed by atoms with Crippen LogP contribution in [0.3, 0.4) is 0 Å². The third-order valence-electron chi connectivity index (χ3n) is 0.911. The highest BCUT2D eigenvalue weighted by Crippen LogP contribution is 1.96. The minimum absolute atomic E-state index is 0.134. The van der Waals surface area contributed by atoms with Crippen LogP contribution in [-0.2, 0) is 9.53 Å². The monoisotopic (exact) mass is 156 g/mol. The van der Waals surface area contributed by atoms with E-state index in [1.165, 1.54) is 6.21 Å². The van der Waals surface area contributed by atoms with Crippen LogP contribution in [0.15, 0.2) is 16.9 Å². The highest BCUT2D eigenvalue weighted by atomic mass is 16.5. The smallest absolute Gasteiger partial charge is 0.358 e. The lowest BCUT2D eigenvalue weighted by Crippen LogP contribution is -2.07. The SMILES string of the molecule is C/C=N\C(=C/N)C(=O)OCC. The van der Waals surface area contributed by atoms with E-state index < -0.39 is 5.97 Å². The maximum atomic E-state index is 10.9. The summed E-state index contributed by atoms with van der Waals surface area (Å²) in [6.45, 7) is 3.75. The minimum atomic E-state index is -0.492. The number of carbonyl (C=O) groups is 1. The van der Waals surface area contributed by atoms with Crippen molar-refractivity contribution in [2.75, 3.05) is 6.61 Å². The molecule has 0 spiro atoms. The van der Waals surface area contributed by atoms with Gasteiger partial charge in [-0.1, -0.05) is 0 Å². The van der Waals surface area contributed by atoms with E-state index in [4.69, 9.17) is 5.73 Å². The van der Waals surface area contributed by atoms with E-state index in [2.05, 4.69) is 9.73 Å². The first-order valence-electron chi connectivity index (χ1n) is 3.34. The number of esters is 1. The van der Waals surface area contributed by atoms with Crippen LogP contribution in [0.2, 0.25) is 0 Å². The molecule has 0 unspecified atom stereocenters. The Bertz CT molecular complexity index is 185. The van der Waals surface area contributed by atoms with Crippen LogP contribution in [0.5, 0.6) is 0 Å². The van der Waals surface area contributed by atoms with Gasteiger partial charge in [0.05, 0.1) is 6.61 Å². The van der Waals surface area contributed by atoms with E-state index in [1.807, 2.05) is 0 Å². The summed E-state index contributed by atoms with van der Waals surface area (Å²) in [5.74, 6) is -0.492. The summed E-state index contributed by atoms with van der Waals surface area (Å²) in [6, 6.07) is 0. The third-order valence-corrected chi connectivity index (χ3v) is 0.911. The van der Waals surface area contributed by atoms with E-state index >= 15 is 0 Å². The Morgan fingerprint density at radius 1 is 1.73 bits per heavy atom. The predicted molar refractivity (Wildman–Crippen MR) is 43.1 cm³/mol. The van der Waals surface area contributed by atoms with Gasteiger partial charge >= 0.3 is 5.97 Å². The van der Waals surface area contributed by atoms with Crippen molar-refractivity contribution >= 4 is 12.2 Å². The zero-order valence-electron chi connectivity index (χ0n) is 6.70. The molecule has 0 aliphatic rings. The number of hydrogen-bond donors (Lipinski definition) is 1. The van der Waals surface area contributed by atoms with E-state index in [-0.39, 0.29) is 5.70 Å². The van der Waals surface area contributed by atoms with Crippen molar-refractivity contribution in [3.63, 3.8) is 0 Å². The Morgan fingerprint density at radius 2 is 2.36 bits per heavy atom. The van der Waals surface area contributed by atoms with Gasteiger partial charge < -0.3 is 10.5 Å². The summed E-state index contributed by atoms with van der Waals surface area (Å²) < 4.78 is 4.65. The molecule has 4 heteroatoms. The largest absolute Gasteiger partial charge is 0.461 e. The van der Waals surface area contributed by atoms with Crippen LogP contribution in [0, 0.1) is 0 Å². The number of carbonyl (C=O) groups excluding carboxylic acids is 1. The predicted octanol–water partition coefficient (Wildman–Crippen LogP) is 0.440.